The number of carbonyl (C=O) groups is 1. The summed E-state index contributed by atoms with van der Waals surface area (Å²) in [5, 5.41) is 13.0. The zero-order valence-electron chi connectivity index (χ0n) is 17.1. The number of nitrogens with zero attached hydrogens (tertiary/aromatic N) is 2. The Labute approximate surface area is 179 Å². The second-order valence-corrected chi connectivity index (χ2v) is 7.95. The Hall–Kier alpha value is -3.13. The van der Waals surface area contributed by atoms with Crippen molar-refractivity contribution in [1.82, 2.24) is 15.5 Å². The summed E-state index contributed by atoms with van der Waals surface area (Å²) in [6.45, 7) is 4.64. The lowest BCUT2D eigenvalue weighted by Gasteiger charge is -2.11. The van der Waals surface area contributed by atoms with Crippen LogP contribution in [0.15, 0.2) is 64.5 Å². The lowest BCUT2D eigenvalue weighted by Crippen LogP contribution is -2.36. The lowest BCUT2D eigenvalue weighted by molar-refractivity contribution is 0.0976. The second kappa shape index (κ2) is 10.1. The van der Waals surface area contributed by atoms with Gasteiger partial charge in [0.15, 0.2) is 5.82 Å². The van der Waals surface area contributed by atoms with Gasteiger partial charge in [0.25, 0.3) is 5.91 Å². The summed E-state index contributed by atoms with van der Waals surface area (Å²) in [4.78, 5) is 18.2. The molecule has 0 aliphatic rings. The maximum atomic E-state index is 13.1. The first-order chi connectivity index (χ1) is 14.4. The van der Waals surface area contributed by atoms with Gasteiger partial charge >= 0.3 is 0 Å². The van der Waals surface area contributed by atoms with Crippen LogP contribution in [0.2, 0.25) is 0 Å². The number of carbonyl (C=O) groups excluding carboxylic acids is 1. The van der Waals surface area contributed by atoms with E-state index in [1.54, 1.807) is 36.0 Å². The molecule has 6 nitrogen and oxygen atoms in total. The average molecular weight is 426 g/mol. The molecule has 0 saturated carbocycles. The zero-order valence-corrected chi connectivity index (χ0v) is 17.9. The van der Waals surface area contributed by atoms with Gasteiger partial charge in [-0.25, -0.2) is 4.39 Å². The van der Waals surface area contributed by atoms with Crippen molar-refractivity contribution in [1.29, 1.82) is 0 Å². The standard InChI is InChI=1S/C22H24FN5OS/c1-14(2)13-24-22(26-21(29)16-5-4-6-18(11-16)30-3)25-20-12-19(27-28-20)15-7-9-17(23)10-8-15/h4-12,14H,13H2,1-3H3,(H3,24,25,26,27,28,29). The number of H-pyrrole nitrogens is 1. The molecule has 156 valence electrons. The molecular weight excluding hydrogens is 401 g/mol. The van der Waals surface area contributed by atoms with E-state index < -0.39 is 0 Å². The highest BCUT2D eigenvalue weighted by Gasteiger charge is 2.12. The third-order valence-electron chi connectivity index (χ3n) is 4.16. The molecule has 3 rings (SSSR count). The number of hydrogen-bond donors (Lipinski definition) is 3. The smallest absolute Gasteiger partial charge is 0.257 e. The molecule has 1 amide bonds. The number of aromatic nitrogens is 2. The topological polar surface area (TPSA) is 82.2 Å². The van der Waals surface area contributed by atoms with Crippen LogP contribution in [0.1, 0.15) is 24.2 Å². The van der Waals surface area contributed by atoms with Crippen molar-refractivity contribution in [3.8, 4) is 11.3 Å². The molecule has 3 aromatic rings. The maximum Gasteiger partial charge on any atom is 0.257 e. The van der Waals surface area contributed by atoms with Gasteiger partial charge in [0.05, 0.1) is 5.69 Å². The predicted molar refractivity (Wildman–Crippen MR) is 120 cm³/mol. The Kier molecular flexibility index (Phi) is 7.24. The molecule has 0 aliphatic heterocycles. The SMILES string of the molecule is CSc1cccc(C(=O)NC(=NCC(C)C)Nc2cc(-c3ccc(F)cc3)[nH]n2)c1. The fraction of sp³-hybridized carbons (Fsp3) is 0.227. The van der Waals surface area contributed by atoms with Gasteiger partial charge in [-0.05, 0) is 60.2 Å². The van der Waals surface area contributed by atoms with Crippen LogP contribution in [0.5, 0.6) is 0 Å². The molecule has 0 fully saturated rings. The number of benzene rings is 2. The largest absolute Gasteiger partial charge is 0.309 e. The molecule has 0 atom stereocenters. The first-order valence-electron chi connectivity index (χ1n) is 9.53. The van der Waals surface area contributed by atoms with Crippen LogP contribution < -0.4 is 10.6 Å². The van der Waals surface area contributed by atoms with Crippen LogP contribution in [-0.2, 0) is 0 Å². The molecule has 1 heterocycles. The molecule has 1 aromatic heterocycles. The second-order valence-electron chi connectivity index (χ2n) is 7.07. The number of halogens is 1. The van der Waals surface area contributed by atoms with Crippen molar-refractivity contribution < 1.29 is 9.18 Å². The Morgan fingerprint density at radius 1 is 1.20 bits per heavy atom. The Morgan fingerprint density at radius 2 is 1.97 bits per heavy atom. The number of hydrogen-bond acceptors (Lipinski definition) is 4. The van der Waals surface area contributed by atoms with Gasteiger partial charge in [0.2, 0.25) is 5.96 Å². The lowest BCUT2D eigenvalue weighted by atomic mass is 10.1. The van der Waals surface area contributed by atoms with E-state index in [2.05, 4.69) is 25.8 Å². The van der Waals surface area contributed by atoms with E-state index in [0.29, 0.717) is 29.8 Å². The summed E-state index contributed by atoms with van der Waals surface area (Å²) in [6.07, 6.45) is 1.96. The number of rotatable bonds is 6. The van der Waals surface area contributed by atoms with E-state index in [0.717, 1.165) is 16.2 Å². The quantitative estimate of drug-likeness (QED) is 0.301. The van der Waals surface area contributed by atoms with Gasteiger partial charge in [-0.15, -0.1) is 11.8 Å². The highest BCUT2D eigenvalue weighted by Crippen LogP contribution is 2.20. The zero-order chi connectivity index (χ0) is 21.5. The van der Waals surface area contributed by atoms with Crippen molar-refractivity contribution in [2.24, 2.45) is 10.9 Å². The third kappa shape index (κ3) is 5.93. The van der Waals surface area contributed by atoms with Crippen molar-refractivity contribution in [3.63, 3.8) is 0 Å². The van der Waals surface area contributed by atoms with Crippen LogP contribution in [0.25, 0.3) is 11.3 Å². The summed E-state index contributed by atoms with van der Waals surface area (Å²) >= 11 is 1.57. The van der Waals surface area contributed by atoms with E-state index in [4.69, 9.17) is 0 Å². The normalized spacial score (nSPS) is 11.6. The van der Waals surface area contributed by atoms with Crippen molar-refractivity contribution in [3.05, 3.63) is 66.0 Å². The number of guanidine groups is 1. The summed E-state index contributed by atoms with van der Waals surface area (Å²) in [6, 6.07) is 15.3. The van der Waals surface area contributed by atoms with Crippen LogP contribution in [-0.4, -0.2) is 34.9 Å². The summed E-state index contributed by atoms with van der Waals surface area (Å²) in [5.41, 5.74) is 2.07. The summed E-state index contributed by atoms with van der Waals surface area (Å²) in [7, 11) is 0. The van der Waals surface area contributed by atoms with Crippen LogP contribution >= 0.6 is 11.8 Å². The molecule has 0 saturated heterocycles. The fourth-order valence-corrected chi connectivity index (χ4v) is 3.07. The molecule has 30 heavy (non-hydrogen) atoms. The number of nitrogens with one attached hydrogen (secondary N) is 3. The molecular formula is C22H24FN5OS. The van der Waals surface area contributed by atoms with E-state index in [-0.39, 0.29) is 11.7 Å². The van der Waals surface area contributed by atoms with Crippen molar-refractivity contribution in [2.75, 3.05) is 18.1 Å². The van der Waals surface area contributed by atoms with E-state index in [1.165, 1.54) is 12.1 Å². The van der Waals surface area contributed by atoms with Gasteiger partial charge in [-0.2, -0.15) is 5.10 Å². The summed E-state index contributed by atoms with van der Waals surface area (Å²) in [5.74, 6) is 0.589. The molecule has 0 spiro atoms. The van der Waals surface area contributed by atoms with E-state index >= 15 is 0 Å². The first-order valence-corrected chi connectivity index (χ1v) is 10.8. The van der Waals surface area contributed by atoms with Gasteiger partial charge in [-0.3, -0.25) is 20.2 Å². The third-order valence-corrected chi connectivity index (χ3v) is 4.88. The Morgan fingerprint density at radius 3 is 2.67 bits per heavy atom. The summed E-state index contributed by atoms with van der Waals surface area (Å²) < 4.78 is 13.1. The number of thioether (sulfide) groups is 1. The molecule has 3 N–H and O–H groups in total. The number of anilines is 1. The van der Waals surface area contributed by atoms with Crippen molar-refractivity contribution in [2.45, 2.75) is 18.7 Å². The minimum absolute atomic E-state index is 0.254. The van der Waals surface area contributed by atoms with Crippen LogP contribution in [0.4, 0.5) is 10.2 Å². The van der Waals surface area contributed by atoms with Crippen LogP contribution in [0, 0.1) is 11.7 Å². The van der Waals surface area contributed by atoms with E-state index in [1.807, 2.05) is 38.3 Å². The minimum Gasteiger partial charge on any atom is -0.309 e. The molecule has 0 aliphatic carbocycles. The minimum atomic E-state index is -0.298. The van der Waals surface area contributed by atoms with Crippen LogP contribution in [0.3, 0.4) is 0 Å². The van der Waals surface area contributed by atoms with Crippen molar-refractivity contribution >= 4 is 29.4 Å². The predicted octanol–water partition coefficient (Wildman–Crippen LogP) is 4.79. The molecule has 0 bridgehead atoms. The Balaban J connectivity index is 1.76. The highest BCUT2D eigenvalue weighted by molar-refractivity contribution is 7.98. The van der Waals surface area contributed by atoms with Gasteiger partial charge < -0.3 is 5.32 Å². The monoisotopic (exact) mass is 425 g/mol. The highest BCUT2D eigenvalue weighted by atomic mass is 32.2. The Bertz CT molecular complexity index is 1030. The number of aromatic amines is 1. The molecule has 8 heteroatoms. The van der Waals surface area contributed by atoms with Gasteiger partial charge in [-0.1, -0.05) is 19.9 Å². The van der Waals surface area contributed by atoms with E-state index in [9.17, 15) is 9.18 Å². The average Bonchev–Trinajstić information content (AvgIpc) is 3.21. The molecule has 0 unspecified atom stereocenters. The number of aliphatic imine (C=N–C) groups is 1. The molecule has 2 aromatic carbocycles. The first kappa shape index (κ1) is 21.6. The van der Waals surface area contributed by atoms with Gasteiger partial charge in [0, 0.05) is 23.1 Å². The fourth-order valence-electron chi connectivity index (χ4n) is 2.61. The number of amides is 1. The maximum absolute atomic E-state index is 13.1. The molecule has 0 radical (unpaired) electrons. The van der Waals surface area contributed by atoms with Gasteiger partial charge in [0.1, 0.15) is 5.82 Å².